The van der Waals surface area contributed by atoms with Gasteiger partial charge in [-0.15, -0.1) is 10.2 Å². The number of benzene rings is 1. The lowest BCUT2D eigenvalue weighted by molar-refractivity contribution is -0.122. The van der Waals surface area contributed by atoms with Crippen LogP contribution in [0.2, 0.25) is 5.02 Å². The molecule has 1 aliphatic heterocycles. The maximum absolute atomic E-state index is 11.9. The molecule has 1 atom stereocenters. The first-order valence-electron chi connectivity index (χ1n) is 6.74. The van der Waals surface area contributed by atoms with Crippen LogP contribution in [0.4, 0.5) is 0 Å². The summed E-state index contributed by atoms with van der Waals surface area (Å²) in [6.45, 7) is 1.82. The van der Waals surface area contributed by atoms with Crippen LogP contribution in [0.15, 0.2) is 24.3 Å². The molecule has 110 valence electrons. The maximum atomic E-state index is 11.9. The number of carbonyl (C=O) groups is 1. The Morgan fingerprint density at radius 3 is 2.95 bits per heavy atom. The van der Waals surface area contributed by atoms with Crippen molar-refractivity contribution < 1.29 is 4.79 Å². The third-order valence-electron chi connectivity index (χ3n) is 3.27. The fraction of sp³-hybridized carbons (Fsp3) is 0.385. The second kappa shape index (κ2) is 6.19. The molecule has 1 saturated heterocycles. The second-order valence-electron chi connectivity index (χ2n) is 4.91. The normalized spacial score (nSPS) is 17.9. The third-order valence-corrected chi connectivity index (χ3v) is 3.52. The molecule has 21 heavy (non-hydrogen) atoms. The summed E-state index contributed by atoms with van der Waals surface area (Å²) in [5.41, 5.74) is 0.811. The minimum atomic E-state index is -0.108. The van der Waals surface area contributed by atoms with Crippen molar-refractivity contribution in [2.75, 3.05) is 13.1 Å². The zero-order valence-electron chi connectivity index (χ0n) is 11.3. The molecule has 0 saturated carbocycles. The number of carbonyl (C=O) groups excluding carboxylic acids is 1. The summed E-state index contributed by atoms with van der Waals surface area (Å²) in [5.74, 6) is 0.366. The van der Waals surface area contributed by atoms with Crippen molar-refractivity contribution in [1.82, 2.24) is 30.8 Å². The number of tetrazole rings is 1. The van der Waals surface area contributed by atoms with E-state index in [4.69, 9.17) is 11.6 Å². The minimum Gasteiger partial charge on any atom is -0.350 e. The summed E-state index contributed by atoms with van der Waals surface area (Å²) in [7, 11) is 0. The molecule has 2 heterocycles. The largest absolute Gasteiger partial charge is 0.350 e. The Labute approximate surface area is 126 Å². The van der Waals surface area contributed by atoms with E-state index in [1.165, 1.54) is 4.80 Å². The molecule has 1 fully saturated rings. The van der Waals surface area contributed by atoms with Crippen molar-refractivity contribution in [1.29, 1.82) is 0 Å². The minimum absolute atomic E-state index is 0.0666. The predicted octanol–water partition coefficient (Wildman–Crippen LogP) is 0.472. The predicted molar refractivity (Wildman–Crippen MR) is 77.7 cm³/mol. The Hall–Kier alpha value is -1.99. The van der Waals surface area contributed by atoms with Gasteiger partial charge in [-0.05, 0) is 42.4 Å². The van der Waals surface area contributed by atoms with E-state index in [1.54, 1.807) is 12.1 Å². The van der Waals surface area contributed by atoms with Crippen LogP contribution in [0, 0.1) is 0 Å². The number of nitrogens with one attached hydrogen (secondary N) is 2. The number of halogens is 1. The van der Waals surface area contributed by atoms with Crippen LogP contribution >= 0.6 is 11.6 Å². The number of rotatable bonds is 4. The first-order valence-corrected chi connectivity index (χ1v) is 7.12. The van der Waals surface area contributed by atoms with Gasteiger partial charge in [-0.2, -0.15) is 4.80 Å². The summed E-state index contributed by atoms with van der Waals surface area (Å²) in [5, 5.41) is 18.8. The molecule has 0 aliphatic carbocycles. The van der Waals surface area contributed by atoms with E-state index < -0.39 is 0 Å². The molecule has 2 N–H and O–H groups in total. The fourth-order valence-corrected chi connectivity index (χ4v) is 2.33. The molecule has 0 bridgehead atoms. The second-order valence-corrected chi connectivity index (χ2v) is 5.34. The zero-order chi connectivity index (χ0) is 14.7. The smallest absolute Gasteiger partial charge is 0.243 e. The molecule has 0 spiro atoms. The summed E-state index contributed by atoms with van der Waals surface area (Å²) in [6.07, 6.45) is 0.951. The van der Waals surface area contributed by atoms with Crippen LogP contribution in [-0.2, 0) is 11.3 Å². The van der Waals surface area contributed by atoms with Gasteiger partial charge in [0.25, 0.3) is 0 Å². The van der Waals surface area contributed by atoms with Gasteiger partial charge in [-0.1, -0.05) is 11.6 Å². The van der Waals surface area contributed by atoms with E-state index in [9.17, 15) is 4.79 Å². The molecule has 1 aromatic carbocycles. The van der Waals surface area contributed by atoms with Crippen molar-refractivity contribution in [3.8, 4) is 11.4 Å². The standard InChI is InChI=1S/C13H15ClN6O/c14-10-3-1-9(2-4-10)13-17-19-20(18-13)8-12(21)16-11-5-6-15-7-11/h1-4,11,15H,5-8H2,(H,16,21). The van der Waals surface area contributed by atoms with Crippen LogP contribution < -0.4 is 10.6 Å². The van der Waals surface area contributed by atoms with Gasteiger partial charge >= 0.3 is 0 Å². The molecule has 1 unspecified atom stereocenters. The Morgan fingerprint density at radius 2 is 2.24 bits per heavy atom. The lowest BCUT2D eigenvalue weighted by Crippen LogP contribution is -2.38. The van der Waals surface area contributed by atoms with E-state index in [2.05, 4.69) is 26.0 Å². The summed E-state index contributed by atoms with van der Waals surface area (Å²) in [4.78, 5) is 13.2. The van der Waals surface area contributed by atoms with E-state index in [1.807, 2.05) is 12.1 Å². The van der Waals surface area contributed by atoms with E-state index >= 15 is 0 Å². The fourth-order valence-electron chi connectivity index (χ4n) is 2.20. The molecule has 2 aromatic rings. The van der Waals surface area contributed by atoms with Gasteiger partial charge in [0, 0.05) is 23.2 Å². The first kappa shape index (κ1) is 14.0. The average Bonchev–Trinajstić information content (AvgIpc) is 3.11. The molecule has 8 heteroatoms. The quantitative estimate of drug-likeness (QED) is 0.858. The van der Waals surface area contributed by atoms with Gasteiger partial charge in [0.15, 0.2) is 0 Å². The zero-order valence-corrected chi connectivity index (χ0v) is 12.0. The number of aromatic nitrogens is 4. The van der Waals surface area contributed by atoms with E-state index in [0.29, 0.717) is 10.8 Å². The van der Waals surface area contributed by atoms with Gasteiger partial charge < -0.3 is 10.6 Å². The highest BCUT2D eigenvalue weighted by molar-refractivity contribution is 6.30. The Morgan fingerprint density at radius 1 is 1.43 bits per heavy atom. The highest BCUT2D eigenvalue weighted by Crippen LogP contribution is 2.16. The number of hydrogen-bond donors (Lipinski definition) is 2. The number of hydrogen-bond acceptors (Lipinski definition) is 5. The Bertz CT molecular complexity index is 620. The summed E-state index contributed by atoms with van der Waals surface area (Å²) in [6, 6.07) is 7.34. The van der Waals surface area contributed by atoms with Crippen LogP contribution in [0.1, 0.15) is 6.42 Å². The third kappa shape index (κ3) is 3.56. The van der Waals surface area contributed by atoms with Crippen molar-refractivity contribution in [3.05, 3.63) is 29.3 Å². The lowest BCUT2D eigenvalue weighted by atomic mass is 10.2. The van der Waals surface area contributed by atoms with Crippen molar-refractivity contribution in [2.45, 2.75) is 19.0 Å². The van der Waals surface area contributed by atoms with Gasteiger partial charge in [0.2, 0.25) is 11.7 Å². The monoisotopic (exact) mass is 306 g/mol. The SMILES string of the molecule is O=C(Cn1nnc(-c2ccc(Cl)cc2)n1)NC1CCNC1. The molecule has 0 radical (unpaired) electrons. The highest BCUT2D eigenvalue weighted by atomic mass is 35.5. The maximum Gasteiger partial charge on any atom is 0.243 e. The first-order chi connectivity index (χ1) is 10.2. The molecule has 7 nitrogen and oxygen atoms in total. The van der Waals surface area contributed by atoms with Crippen molar-refractivity contribution in [3.63, 3.8) is 0 Å². The molecular weight excluding hydrogens is 292 g/mol. The molecular formula is C13H15ClN6O. The molecule has 1 aliphatic rings. The van der Waals surface area contributed by atoms with Gasteiger partial charge in [0.1, 0.15) is 6.54 Å². The molecule has 3 rings (SSSR count). The summed E-state index contributed by atoms with van der Waals surface area (Å²) < 4.78 is 0. The number of amides is 1. The van der Waals surface area contributed by atoms with Crippen LogP contribution in [0.5, 0.6) is 0 Å². The van der Waals surface area contributed by atoms with Gasteiger partial charge in [0.05, 0.1) is 0 Å². The average molecular weight is 307 g/mol. The highest BCUT2D eigenvalue weighted by Gasteiger charge is 2.17. The molecule has 1 aromatic heterocycles. The van der Waals surface area contributed by atoms with Crippen molar-refractivity contribution >= 4 is 17.5 Å². The van der Waals surface area contributed by atoms with E-state index in [0.717, 1.165) is 25.1 Å². The topological polar surface area (TPSA) is 84.7 Å². The number of nitrogens with zero attached hydrogens (tertiary/aromatic N) is 4. The van der Waals surface area contributed by atoms with Crippen LogP contribution in [0.25, 0.3) is 11.4 Å². The summed E-state index contributed by atoms with van der Waals surface area (Å²) >= 11 is 5.83. The van der Waals surface area contributed by atoms with Gasteiger partial charge in [-0.25, -0.2) is 0 Å². The van der Waals surface area contributed by atoms with Gasteiger partial charge in [-0.3, -0.25) is 4.79 Å². The lowest BCUT2D eigenvalue weighted by Gasteiger charge is -2.10. The van der Waals surface area contributed by atoms with E-state index in [-0.39, 0.29) is 18.5 Å². The Balaban J connectivity index is 1.61. The van der Waals surface area contributed by atoms with Crippen LogP contribution in [-0.4, -0.2) is 45.2 Å². The Kier molecular flexibility index (Phi) is 4.12. The molecule has 1 amide bonds. The van der Waals surface area contributed by atoms with Crippen molar-refractivity contribution in [2.24, 2.45) is 0 Å². The van der Waals surface area contributed by atoms with Crippen LogP contribution in [0.3, 0.4) is 0 Å².